The fourth-order valence-corrected chi connectivity index (χ4v) is 5.64. The number of anilines is 3. The van der Waals surface area contributed by atoms with Gasteiger partial charge in [0, 0.05) is 35.7 Å². The van der Waals surface area contributed by atoms with Gasteiger partial charge in [-0.05, 0) is 67.0 Å². The quantitative estimate of drug-likeness (QED) is 0.213. The number of fused-ring (bicyclic) bond motifs is 1. The Morgan fingerprint density at radius 2 is 1.84 bits per heavy atom. The van der Waals surface area contributed by atoms with Gasteiger partial charge in [-0.2, -0.15) is 5.10 Å². The summed E-state index contributed by atoms with van der Waals surface area (Å²) < 4.78 is 7.39. The lowest BCUT2D eigenvalue weighted by Gasteiger charge is -2.30. The Labute approximate surface area is 252 Å². The molecule has 2 N–H and O–H groups in total. The first-order chi connectivity index (χ1) is 20.7. The Hall–Kier alpha value is -4.85. The number of aromatic nitrogens is 3. The number of furan rings is 1. The molecule has 0 spiro atoms. The fourth-order valence-electron chi connectivity index (χ4n) is 5.64. The van der Waals surface area contributed by atoms with E-state index in [2.05, 4.69) is 72.6 Å². The highest BCUT2D eigenvalue weighted by atomic mass is 16.3. The molecule has 8 nitrogen and oxygen atoms in total. The van der Waals surface area contributed by atoms with Crippen molar-refractivity contribution in [2.75, 3.05) is 22.6 Å². The number of rotatable bonds is 6. The molecule has 0 aliphatic heterocycles. The SMILES string of the molecule is Cc1ccc(-n2nc(C(C)(C)C)cc2NC(=O)Nc2ccc(C3=CC(N(C)c4ccco4)CCC3)c3ccccc23)cn1. The number of aryl methyl sites for hydroxylation is 1. The highest BCUT2D eigenvalue weighted by Gasteiger charge is 2.23. The molecule has 1 aliphatic rings. The van der Waals surface area contributed by atoms with Gasteiger partial charge in [0.15, 0.2) is 5.88 Å². The summed E-state index contributed by atoms with van der Waals surface area (Å²) >= 11 is 0. The van der Waals surface area contributed by atoms with Crippen LogP contribution in [0.2, 0.25) is 0 Å². The summed E-state index contributed by atoms with van der Waals surface area (Å²) in [5.74, 6) is 1.45. The molecule has 2 amide bonds. The van der Waals surface area contributed by atoms with Gasteiger partial charge in [-0.15, -0.1) is 0 Å². The van der Waals surface area contributed by atoms with Crippen LogP contribution >= 0.6 is 0 Å². The van der Waals surface area contributed by atoms with Crippen LogP contribution in [0.15, 0.2) is 89.7 Å². The molecule has 2 aromatic carbocycles. The van der Waals surface area contributed by atoms with Crippen LogP contribution in [0.4, 0.5) is 22.2 Å². The van der Waals surface area contributed by atoms with Crippen molar-refractivity contribution in [3.63, 3.8) is 0 Å². The zero-order valence-corrected chi connectivity index (χ0v) is 25.4. The highest BCUT2D eigenvalue weighted by Crippen LogP contribution is 2.37. The number of benzene rings is 2. The van der Waals surface area contributed by atoms with Crippen LogP contribution in [0.3, 0.4) is 0 Å². The Bertz CT molecular complexity index is 1780. The van der Waals surface area contributed by atoms with Gasteiger partial charge in [-0.25, -0.2) is 9.48 Å². The van der Waals surface area contributed by atoms with Gasteiger partial charge in [-0.1, -0.05) is 57.2 Å². The van der Waals surface area contributed by atoms with E-state index in [0.717, 1.165) is 58.7 Å². The number of hydrogen-bond acceptors (Lipinski definition) is 5. The first-order valence-corrected chi connectivity index (χ1v) is 14.8. The molecule has 5 aromatic rings. The minimum atomic E-state index is -0.336. The number of pyridine rings is 1. The molecule has 0 bridgehead atoms. The molecule has 220 valence electrons. The summed E-state index contributed by atoms with van der Waals surface area (Å²) in [5.41, 5.74) is 5.63. The number of nitrogens with one attached hydrogen (secondary N) is 2. The number of allylic oxidation sites excluding steroid dienone is 1. The number of carbonyl (C=O) groups is 1. The summed E-state index contributed by atoms with van der Waals surface area (Å²) in [6.45, 7) is 8.25. The lowest BCUT2D eigenvalue weighted by atomic mass is 9.87. The van der Waals surface area contributed by atoms with E-state index in [9.17, 15) is 4.79 Å². The lowest BCUT2D eigenvalue weighted by molar-refractivity contribution is 0.262. The van der Waals surface area contributed by atoms with E-state index in [4.69, 9.17) is 9.52 Å². The van der Waals surface area contributed by atoms with E-state index in [1.165, 1.54) is 11.1 Å². The Balaban J connectivity index is 1.28. The zero-order valence-electron chi connectivity index (χ0n) is 25.4. The van der Waals surface area contributed by atoms with E-state index in [0.29, 0.717) is 5.82 Å². The monoisotopic (exact) mass is 574 g/mol. The van der Waals surface area contributed by atoms with Crippen LogP contribution in [-0.4, -0.2) is 33.9 Å². The van der Waals surface area contributed by atoms with Crippen LogP contribution in [0.25, 0.3) is 22.0 Å². The van der Waals surface area contributed by atoms with E-state index < -0.39 is 0 Å². The molecule has 6 rings (SSSR count). The van der Waals surface area contributed by atoms with Crippen LogP contribution in [-0.2, 0) is 5.41 Å². The molecule has 1 atom stereocenters. The van der Waals surface area contributed by atoms with Crippen molar-refractivity contribution >= 4 is 39.8 Å². The maximum Gasteiger partial charge on any atom is 0.324 e. The molecule has 1 unspecified atom stereocenters. The van der Waals surface area contributed by atoms with Crippen LogP contribution in [0.1, 0.15) is 57.0 Å². The largest absolute Gasteiger partial charge is 0.449 e. The topological polar surface area (TPSA) is 88.2 Å². The number of carbonyl (C=O) groups excluding carboxylic acids is 1. The van der Waals surface area contributed by atoms with Crippen LogP contribution in [0, 0.1) is 6.92 Å². The van der Waals surface area contributed by atoms with Gasteiger partial charge >= 0.3 is 6.03 Å². The summed E-state index contributed by atoms with van der Waals surface area (Å²) in [4.78, 5) is 20.1. The van der Waals surface area contributed by atoms with Crippen molar-refractivity contribution in [3.8, 4) is 5.69 Å². The average Bonchev–Trinajstić information content (AvgIpc) is 3.69. The normalized spacial score (nSPS) is 15.3. The maximum atomic E-state index is 13.4. The van der Waals surface area contributed by atoms with E-state index >= 15 is 0 Å². The van der Waals surface area contributed by atoms with Crippen molar-refractivity contribution in [2.24, 2.45) is 0 Å². The molecule has 0 saturated heterocycles. The zero-order chi connectivity index (χ0) is 30.1. The van der Waals surface area contributed by atoms with Gasteiger partial charge in [-0.3, -0.25) is 10.3 Å². The Morgan fingerprint density at radius 3 is 2.56 bits per heavy atom. The summed E-state index contributed by atoms with van der Waals surface area (Å²) in [5, 5.41) is 13.0. The Kier molecular flexibility index (Phi) is 7.52. The van der Waals surface area contributed by atoms with Crippen LogP contribution < -0.4 is 15.5 Å². The third-order valence-electron chi connectivity index (χ3n) is 8.07. The molecule has 3 heterocycles. The number of amides is 2. The summed E-state index contributed by atoms with van der Waals surface area (Å²) in [6.07, 6.45) is 9.02. The van der Waals surface area contributed by atoms with Gasteiger partial charge in [0.25, 0.3) is 0 Å². The van der Waals surface area contributed by atoms with Gasteiger partial charge in [0.1, 0.15) is 5.82 Å². The lowest BCUT2D eigenvalue weighted by Crippen LogP contribution is -2.31. The first kappa shape index (κ1) is 28.3. The van der Waals surface area contributed by atoms with E-state index in [1.807, 2.05) is 55.5 Å². The Morgan fingerprint density at radius 1 is 1.02 bits per heavy atom. The van der Waals surface area contributed by atoms with Crippen molar-refractivity contribution < 1.29 is 9.21 Å². The van der Waals surface area contributed by atoms with Gasteiger partial charge in [0.2, 0.25) is 0 Å². The van der Waals surface area contributed by atoms with Crippen molar-refractivity contribution in [2.45, 2.75) is 58.4 Å². The summed E-state index contributed by atoms with van der Waals surface area (Å²) in [7, 11) is 2.08. The molecular formula is C35H38N6O2. The first-order valence-electron chi connectivity index (χ1n) is 14.8. The molecule has 0 saturated carbocycles. The van der Waals surface area contributed by atoms with Crippen LogP contribution in [0.5, 0.6) is 0 Å². The molecule has 0 radical (unpaired) electrons. The third-order valence-corrected chi connectivity index (χ3v) is 8.07. The molecule has 8 heteroatoms. The minimum absolute atomic E-state index is 0.193. The third kappa shape index (κ3) is 5.91. The van der Waals surface area contributed by atoms with E-state index in [1.54, 1.807) is 17.1 Å². The number of nitrogens with zero attached hydrogens (tertiary/aromatic N) is 4. The number of urea groups is 1. The molecule has 3 aromatic heterocycles. The maximum absolute atomic E-state index is 13.4. The average molecular weight is 575 g/mol. The van der Waals surface area contributed by atoms with Crippen molar-refractivity contribution in [3.05, 3.63) is 102 Å². The standard InChI is InChI=1S/C35H38N6O2/c1-23-15-16-26(22-36-23)41-32(21-31(39-41)35(2,3)4)38-34(42)37-30-18-17-27(28-12-6-7-13-29(28)30)24-10-8-11-25(20-24)40(5)33-14-9-19-43-33/h6-7,9,12-22,25H,8,10-11H2,1-5H3,(H2,37,38,42). The fraction of sp³-hybridized carbons (Fsp3) is 0.286. The molecular weight excluding hydrogens is 536 g/mol. The second-order valence-corrected chi connectivity index (χ2v) is 12.2. The predicted molar refractivity (Wildman–Crippen MR) is 174 cm³/mol. The van der Waals surface area contributed by atoms with Gasteiger partial charge in [0.05, 0.1) is 35.6 Å². The second kappa shape index (κ2) is 11.4. The van der Waals surface area contributed by atoms with Gasteiger partial charge < -0.3 is 14.6 Å². The van der Waals surface area contributed by atoms with Crippen molar-refractivity contribution in [1.82, 2.24) is 14.8 Å². The predicted octanol–water partition coefficient (Wildman–Crippen LogP) is 8.34. The number of hydrogen-bond donors (Lipinski definition) is 2. The minimum Gasteiger partial charge on any atom is -0.449 e. The smallest absolute Gasteiger partial charge is 0.324 e. The number of likely N-dealkylation sites (N-methyl/N-ethyl adjacent to an activating group) is 1. The molecule has 1 aliphatic carbocycles. The highest BCUT2D eigenvalue weighted by molar-refractivity contribution is 6.08. The summed E-state index contributed by atoms with van der Waals surface area (Å²) in [6, 6.07) is 22.0. The van der Waals surface area contributed by atoms with Crippen molar-refractivity contribution in [1.29, 1.82) is 0 Å². The molecule has 43 heavy (non-hydrogen) atoms. The second-order valence-electron chi connectivity index (χ2n) is 12.2. The van der Waals surface area contributed by atoms with E-state index in [-0.39, 0.29) is 17.5 Å². The molecule has 0 fully saturated rings.